The van der Waals surface area contributed by atoms with Gasteiger partial charge in [-0.1, -0.05) is 28.1 Å². The van der Waals surface area contributed by atoms with Crippen LogP contribution in [0.1, 0.15) is 36.3 Å². The van der Waals surface area contributed by atoms with Gasteiger partial charge in [0.2, 0.25) is 0 Å². The standard InChI is InChI=1S/C15H20BrNO2/c1-17-8-7-12(10-17)13-6-5-11(9-14(13)16)3-2-4-15(18)19/h5-6,9,12H,2-4,7-8,10H2,1H3,(H,18,19). The Balaban J connectivity index is 1.98. The van der Waals surface area contributed by atoms with E-state index in [2.05, 4.69) is 46.1 Å². The zero-order valence-electron chi connectivity index (χ0n) is 11.2. The Bertz CT molecular complexity index is 461. The Morgan fingerprint density at radius 1 is 1.53 bits per heavy atom. The van der Waals surface area contributed by atoms with E-state index in [-0.39, 0.29) is 6.42 Å². The molecular formula is C15H20BrNO2. The molecule has 0 saturated carbocycles. The van der Waals surface area contributed by atoms with Crippen LogP contribution in [0, 0.1) is 0 Å². The van der Waals surface area contributed by atoms with Crippen molar-refractivity contribution < 1.29 is 9.90 Å². The summed E-state index contributed by atoms with van der Waals surface area (Å²) in [5.41, 5.74) is 2.59. The first-order valence-electron chi connectivity index (χ1n) is 6.75. The molecule has 4 heteroatoms. The number of likely N-dealkylation sites (tertiary alicyclic amines) is 1. The number of halogens is 1. The largest absolute Gasteiger partial charge is 0.481 e. The lowest BCUT2D eigenvalue weighted by molar-refractivity contribution is -0.137. The number of aliphatic carboxylic acids is 1. The van der Waals surface area contributed by atoms with Crippen LogP contribution < -0.4 is 0 Å². The topological polar surface area (TPSA) is 40.5 Å². The Morgan fingerprint density at radius 3 is 2.89 bits per heavy atom. The first-order chi connectivity index (χ1) is 9.06. The number of nitrogens with zero attached hydrogens (tertiary/aromatic N) is 1. The van der Waals surface area contributed by atoms with Crippen molar-refractivity contribution >= 4 is 21.9 Å². The molecular weight excluding hydrogens is 306 g/mol. The number of carboxylic acids is 1. The third kappa shape index (κ3) is 4.05. The van der Waals surface area contributed by atoms with Gasteiger partial charge in [0.15, 0.2) is 0 Å². The maximum atomic E-state index is 10.5. The second-order valence-corrected chi connectivity index (χ2v) is 6.21. The summed E-state index contributed by atoms with van der Waals surface area (Å²) in [5.74, 6) is -0.0999. The Morgan fingerprint density at radius 2 is 2.32 bits per heavy atom. The van der Waals surface area contributed by atoms with Gasteiger partial charge in [-0.15, -0.1) is 0 Å². The Kier molecular flexibility index (Phi) is 4.99. The van der Waals surface area contributed by atoms with Gasteiger partial charge in [-0.05, 0) is 56.0 Å². The van der Waals surface area contributed by atoms with Crippen molar-refractivity contribution in [3.8, 4) is 0 Å². The van der Waals surface area contributed by atoms with Gasteiger partial charge in [0.25, 0.3) is 0 Å². The highest BCUT2D eigenvalue weighted by Crippen LogP contribution is 2.32. The van der Waals surface area contributed by atoms with Crippen molar-refractivity contribution in [2.45, 2.75) is 31.6 Å². The van der Waals surface area contributed by atoms with Gasteiger partial charge >= 0.3 is 5.97 Å². The molecule has 19 heavy (non-hydrogen) atoms. The zero-order chi connectivity index (χ0) is 13.8. The quantitative estimate of drug-likeness (QED) is 0.903. The third-order valence-electron chi connectivity index (χ3n) is 3.75. The second kappa shape index (κ2) is 6.53. The molecule has 0 bridgehead atoms. The minimum atomic E-state index is -0.718. The lowest BCUT2D eigenvalue weighted by Crippen LogP contribution is -2.13. The van der Waals surface area contributed by atoms with E-state index in [1.165, 1.54) is 22.0 Å². The summed E-state index contributed by atoms with van der Waals surface area (Å²) in [7, 11) is 2.16. The lowest BCUT2D eigenvalue weighted by Gasteiger charge is -2.14. The molecule has 1 aromatic carbocycles. The minimum absolute atomic E-state index is 0.243. The molecule has 2 rings (SSSR count). The molecule has 1 aliphatic heterocycles. The van der Waals surface area contributed by atoms with Crippen LogP contribution in [0.25, 0.3) is 0 Å². The summed E-state index contributed by atoms with van der Waals surface area (Å²) < 4.78 is 1.17. The summed E-state index contributed by atoms with van der Waals surface area (Å²) in [6.07, 6.45) is 2.99. The summed E-state index contributed by atoms with van der Waals surface area (Å²) in [6, 6.07) is 6.49. The average molecular weight is 326 g/mol. The molecule has 104 valence electrons. The maximum absolute atomic E-state index is 10.5. The second-order valence-electron chi connectivity index (χ2n) is 5.35. The molecule has 0 radical (unpaired) electrons. The molecule has 1 unspecified atom stereocenters. The Hall–Kier alpha value is -0.870. The summed E-state index contributed by atoms with van der Waals surface area (Å²) >= 11 is 3.66. The van der Waals surface area contributed by atoms with E-state index < -0.39 is 5.97 Å². The van der Waals surface area contributed by atoms with Crippen LogP contribution in [-0.2, 0) is 11.2 Å². The molecule has 3 nitrogen and oxygen atoms in total. The normalized spacial score (nSPS) is 19.8. The van der Waals surface area contributed by atoms with Crippen LogP contribution in [0.4, 0.5) is 0 Å². The van der Waals surface area contributed by atoms with Crippen molar-refractivity contribution in [1.29, 1.82) is 0 Å². The van der Waals surface area contributed by atoms with Gasteiger partial charge in [0.1, 0.15) is 0 Å². The monoisotopic (exact) mass is 325 g/mol. The van der Waals surface area contributed by atoms with Crippen LogP contribution in [0.3, 0.4) is 0 Å². The number of hydrogen-bond donors (Lipinski definition) is 1. The highest BCUT2D eigenvalue weighted by molar-refractivity contribution is 9.10. The first-order valence-corrected chi connectivity index (χ1v) is 7.54. The van der Waals surface area contributed by atoms with Gasteiger partial charge in [0.05, 0.1) is 0 Å². The summed E-state index contributed by atoms with van der Waals surface area (Å²) in [4.78, 5) is 12.9. The van der Waals surface area contributed by atoms with Crippen LogP contribution in [-0.4, -0.2) is 36.1 Å². The van der Waals surface area contributed by atoms with Gasteiger partial charge < -0.3 is 10.0 Å². The molecule has 0 spiro atoms. The van der Waals surface area contributed by atoms with Crippen molar-refractivity contribution in [3.05, 3.63) is 33.8 Å². The number of benzene rings is 1. The maximum Gasteiger partial charge on any atom is 0.303 e. The third-order valence-corrected chi connectivity index (χ3v) is 4.44. The smallest absolute Gasteiger partial charge is 0.303 e. The van der Waals surface area contributed by atoms with Gasteiger partial charge in [-0.3, -0.25) is 4.79 Å². The number of likely N-dealkylation sites (N-methyl/N-ethyl adjacent to an activating group) is 1. The Labute approximate surface area is 122 Å². The number of carbonyl (C=O) groups is 1. The summed E-state index contributed by atoms with van der Waals surface area (Å²) in [6.45, 7) is 2.29. The molecule has 1 aliphatic rings. The molecule has 0 aromatic heterocycles. The minimum Gasteiger partial charge on any atom is -0.481 e. The number of aryl methyl sites for hydroxylation is 1. The van der Waals surface area contributed by atoms with Gasteiger partial charge in [0, 0.05) is 17.4 Å². The first kappa shape index (κ1) is 14.5. The predicted octanol–water partition coefficient (Wildman–Crippen LogP) is 3.28. The molecule has 1 aromatic rings. The van der Waals surface area contributed by atoms with Crippen molar-refractivity contribution in [1.82, 2.24) is 4.90 Å². The van der Waals surface area contributed by atoms with Crippen molar-refractivity contribution in [2.24, 2.45) is 0 Å². The molecule has 0 amide bonds. The number of hydrogen-bond acceptors (Lipinski definition) is 2. The zero-order valence-corrected chi connectivity index (χ0v) is 12.8. The van der Waals surface area contributed by atoms with E-state index in [1.807, 2.05) is 0 Å². The van der Waals surface area contributed by atoms with E-state index in [0.29, 0.717) is 12.3 Å². The van der Waals surface area contributed by atoms with E-state index in [4.69, 9.17) is 5.11 Å². The van der Waals surface area contributed by atoms with Crippen LogP contribution in [0.5, 0.6) is 0 Å². The van der Waals surface area contributed by atoms with E-state index in [1.54, 1.807) is 0 Å². The fourth-order valence-electron chi connectivity index (χ4n) is 2.69. The molecule has 1 heterocycles. The number of carboxylic acid groups (broad SMARTS) is 1. The highest BCUT2D eigenvalue weighted by atomic mass is 79.9. The van der Waals surface area contributed by atoms with Crippen molar-refractivity contribution in [2.75, 3.05) is 20.1 Å². The van der Waals surface area contributed by atoms with Crippen molar-refractivity contribution in [3.63, 3.8) is 0 Å². The molecule has 1 saturated heterocycles. The van der Waals surface area contributed by atoms with Crippen LogP contribution in [0.2, 0.25) is 0 Å². The molecule has 1 fully saturated rings. The van der Waals surface area contributed by atoms with E-state index >= 15 is 0 Å². The van der Waals surface area contributed by atoms with E-state index in [0.717, 1.165) is 19.5 Å². The van der Waals surface area contributed by atoms with Gasteiger partial charge in [-0.2, -0.15) is 0 Å². The molecule has 0 aliphatic carbocycles. The SMILES string of the molecule is CN1CCC(c2ccc(CCCC(=O)O)cc2Br)C1. The average Bonchev–Trinajstić information content (AvgIpc) is 2.75. The van der Waals surface area contributed by atoms with Crippen LogP contribution >= 0.6 is 15.9 Å². The fraction of sp³-hybridized carbons (Fsp3) is 0.533. The predicted molar refractivity (Wildman–Crippen MR) is 79.6 cm³/mol. The molecule has 1 N–H and O–H groups in total. The number of rotatable bonds is 5. The van der Waals surface area contributed by atoms with Crippen LogP contribution in [0.15, 0.2) is 22.7 Å². The van der Waals surface area contributed by atoms with E-state index in [9.17, 15) is 4.79 Å². The van der Waals surface area contributed by atoms with Gasteiger partial charge in [-0.25, -0.2) is 0 Å². The lowest BCUT2D eigenvalue weighted by atomic mass is 9.96. The highest BCUT2D eigenvalue weighted by Gasteiger charge is 2.22. The molecule has 1 atom stereocenters. The summed E-state index contributed by atoms with van der Waals surface area (Å²) in [5, 5.41) is 8.64. The fourth-order valence-corrected chi connectivity index (χ4v) is 3.44.